The van der Waals surface area contributed by atoms with Gasteiger partial charge in [0.2, 0.25) is 5.95 Å². The van der Waals surface area contributed by atoms with Gasteiger partial charge < -0.3 is 8.83 Å². The van der Waals surface area contributed by atoms with E-state index in [1.807, 2.05) is 127 Å². The molecule has 0 N–H and O–H groups in total. The van der Waals surface area contributed by atoms with E-state index in [1.165, 1.54) is 0 Å². The van der Waals surface area contributed by atoms with E-state index in [0.29, 0.717) is 35.1 Å². The molecule has 9 nitrogen and oxygen atoms in total. The highest BCUT2D eigenvalue weighted by atomic mass is 16.3. The number of aromatic nitrogens is 7. The van der Waals surface area contributed by atoms with Crippen molar-refractivity contribution in [1.29, 1.82) is 0 Å². The van der Waals surface area contributed by atoms with Crippen LogP contribution in [-0.2, 0) is 0 Å². The maximum absolute atomic E-state index is 6.57. The summed E-state index contributed by atoms with van der Waals surface area (Å²) in [5, 5.41) is 6.16. The Labute approximate surface area is 393 Å². The molecular formula is C60H35N7O2. The van der Waals surface area contributed by atoms with Gasteiger partial charge >= 0.3 is 0 Å². The van der Waals surface area contributed by atoms with Gasteiger partial charge in [0, 0.05) is 60.1 Å². The number of para-hydroxylation sites is 2. The zero-order valence-electron chi connectivity index (χ0n) is 36.7. The molecule has 5 aromatic heterocycles. The van der Waals surface area contributed by atoms with E-state index in [-0.39, 0.29) is 0 Å². The van der Waals surface area contributed by atoms with Crippen molar-refractivity contribution in [3.8, 4) is 74.0 Å². The zero-order valence-corrected chi connectivity index (χ0v) is 36.7. The summed E-state index contributed by atoms with van der Waals surface area (Å²) in [5.41, 5.74) is 11.6. The van der Waals surface area contributed by atoms with E-state index in [0.717, 1.165) is 105 Å². The lowest BCUT2D eigenvalue weighted by atomic mass is 9.99. The van der Waals surface area contributed by atoms with Crippen LogP contribution in [0.4, 0.5) is 0 Å². The van der Waals surface area contributed by atoms with Crippen LogP contribution in [0.5, 0.6) is 0 Å². The highest BCUT2D eigenvalue weighted by Crippen LogP contribution is 2.41. The quantitative estimate of drug-likeness (QED) is 0.156. The molecular weight excluding hydrogens is 851 g/mol. The van der Waals surface area contributed by atoms with E-state index in [9.17, 15) is 0 Å². The van der Waals surface area contributed by atoms with Gasteiger partial charge in [-0.15, -0.1) is 0 Å². The number of hydrogen-bond acceptors (Lipinski definition) is 8. The molecule has 9 heteroatoms. The first-order chi connectivity index (χ1) is 34.2. The lowest BCUT2D eigenvalue weighted by molar-refractivity contribution is 0.668. The molecule has 14 aromatic rings. The molecule has 0 bridgehead atoms. The predicted octanol–water partition coefficient (Wildman–Crippen LogP) is 15.0. The summed E-state index contributed by atoms with van der Waals surface area (Å²) in [6.07, 6.45) is 0. The lowest BCUT2D eigenvalue weighted by Crippen LogP contribution is -2.06. The number of fused-ring (bicyclic) bond motifs is 9. The molecule has 0 aliphatic carbocycles. The summed E-state index contributed by atoms with van der Waals surface area (Å²) in [7, 11) is 0. The number of furan rings is 2. The van der Waals surface area contributed by atoms with Crippen LogP contribution in [0, 0.1) is 0 Å². The molecule has 0 atom stereocenters. The fraction of sp³-hybridized carbons (Fsp3) is 0. The molecule has 0 aliphatic rings. The maximum atomic E-state index is 6.57. The zero-order chi connectivity index (χ0) is 45.4. The third-order valence-corrected chi connectivity index (χ3v) is 12.9. The van der Waals surface area contributed by atoms with Crippen molar-refractivity contribution in [3.05, 3.63) is 212 Å². The number of hydrogen-bond donors (Lipinski definition) is 0. The standard InChI is InChI=1S/C60H35N7O2/c1-4-15-36(16-5-1)55-61-58(41-27-30-44-43-22-11-13-25-50(43)69-53(44)35-41)64-59(63-55)45-23-14-26-52-54(45)47-34-40(29-32-51(47)68-52)39-28-31-49-46(33-39)42-21-10-12-24-48(42)67(49)60-65-56(37-17-6-2-7-18-37)62-57(66-60)38-19-8-3-9-20-38/h1-35H. The van der Waals surface area contributed by atoms with Gasteiger partial charge in [-0.3, -0.25) is 4.57 Å². The average molecular weight is 886 g/mol. The fourth-order valence-corrected chi connectivity index (χ4v) is 9.66. The number of nitrogens with zero attached hydrogens (tertiary/aromatic N) is 7. The second-order valence-electron chi connectivity index (χ2n) is 17.1. The van der Waals surface area contributed by atoms with Crippen molar-refractivity contribution in [2.24, 2.45) is 0 Å². The molecule has 9 aromatic carbocycles. The van der Waals surface area contributed by atoms with Crippen LogP contribution < -0.4 is 0 Å². The molecule has 0 saturated heterocycles. The number of rotatable bonds is 7. The Hall–Kier alpha value is -9.60. The van der Waals surface area contributed by atoms with Gasteiger partial charge in [-0.2, -0.15) is 9.97 Å². The normalized spacial score (nSPS) is 11.8. The lowest BCUT2D eigenvalue weighted by Gasteiger charge is -2.11. The van der Waals surface area contributed by atoms with Crippen molar-refractivity contribution in [1.82, 2.24) is 34.5 Å². The summed E-state index contributed by atoms with van der Waals surface area (Å²) in [4.78, 5) is 30.6. The Morgan fingerprint density at radius 2 is 0.768 bits per heavy atom. The first kappa shape index (κ1) is 38.6. The van der Waals surface area contributed by atoms with E-state index in [2.05, 4.69) is 89.5 Å². The van der Waals surface area contributed by atoms with Crippen molar-refractivity contribution in [3.63, 3.8) is 0 Å². The van der Waals surface area contributed by atoms with Gasteiger partial charge in [-0.05, 0) is 65.7 Å². The highest BCUT2D eigenvalue weighted by Gasteiger charge is 2.21. The molecule has 0 fully saturated rings. The SMILES string of the molecule is c1ccc(-c2nc(-c3ccc4c(c3)oc3ccccc34)nc(-c3cccc4oc5ccc(-c6ccc7c(c6)c6ccccc6n7-c6nc(-c7ccccc7)nc(-c7ccccc7)n6)cc5c34)n2)cc1. The summed E-state index contributed by atoms with van der Waals surface area (Å²) in [5.74, 6) is 3.42. The molecule has 0 saturated carbocycles. The topological polar surface area (TPSA) is 109 Å². The van der Waals surface area contributed by atoms with Crippen molar-refractivity contribution < 1.29 is 8.83 Å². The summed E-state index contributed by atoms with van der Waals surface area (Å²) < 4.78 is 15.0. The molecule has 5 heterocycles. The van der Waals surface area contributed by atoms with E-state index < -0.39 is 0 Å². The van der Waals surface area contributed by atoms with E-state index in [4.69, 9.17) is 38.7 Å². The molecule has 0 unspecified atom stereocenters. The number of benzene rings is 9. The van der Waals surface area contributed by atoms with Crippen LogP contribution in [0.2, 0.25) is 0 Å². The first-order valence-corrected chi connectivity index (χ1v) is 22.8. The van der Waals surface area contributed by atoms with Gasteiger partial charge in [0.1, 0.15) is 22.3 Å². The van der Waals surface area contributed by atoms with Crippen molar-refractivity contribution >= 4 is 65.7 Å². The molecule has 0 amide bonds. The van der Waals surface area contributed by atoms with Gasteiger partial charge in [0.05, 0.1) is 11.0 Å². The van der Waals surface area contributed by atoms with Crippen molar-refractivity contribution in [2.75, 3.05) is 0 Å². The van der Waals surface area contributed by atoms with Crippen LogP contribution in [0.15, 0.2) is 221 Å². The van der Waals surface area contributed by atoms with Gasteiger partial charge in [-0.1, -0.05) is 158 Å². The maximum Gasteiger partial charge on any atom is 0.238 e. The summed E-state index contributed by atoms with van der Waals surface area (Å²) >= 11 is 0. The van der Waals surface area contributed by atoms with Gasteiger partial charge in [0.25, 0.3) is 0 Å². The second-order valence-corrected chi connectivity index (χ2v) is 17.1. The second kappa shape index (κ2) is 15.5. The average Bonchev–Trinajstić information content (AvgIpc) is 4.10. The Bertz CT molecular complexity index is 4260. The van der Waals surface area contributed by atoms with Crippen LogP contribution in [-0.4, -0.2) is 34.5 Å². The third kappa shape index (κ3) is 6.47. The Morgan fingerprint density at radius 1 is 0.275 bits per heavy atom. The Morgan fingerprint density at radius 3 is 1.48 bits per heavy atom. The predicted molar refractivity (Wildman–Crippen MR) is 275 cm³/mol. The largest absolute Gasteiger partial charge is 0.456 e. The highest BCUT2D eigenvalue weighted by molar-refractivity contribution is 6.14. The summed E-state index contributed by atoms with van der Waals surface area (Å²) in [6, 6.07) is 71.9. The van der Waals surface area contributed by atoms with Gasteiger partial charge in [-0.25, -0.2) is 19.9 Å². The van der Waals surface area contributed by atoms with Crippen LogP contribution in [0.25, 0.3) is 140 Å². The monoisotopic (exact) mass is 885 g/mol. The van der Waals surface area contributed by atoms with Gasteiger partial charge in [0.15, 0.2) is 29.1 Å². The Kier molecular flexibility index (Phi) is 8.68. The first-order valence-electron chi connectivity index (χ1n) is 22.8. The van der Waals surface area contributed by atoms with Crippen LogP contribution in [0.3, 0.4) is 0 Å². The van der Waals surface area contributed by atoms with E-state index >= 15 is 0 Å². The minimum atomic E-state index is 0.542. The smallest absolute Gasteiger partial charge is 0.238 e. The Balaban J connectivity index is 0.917. The molecule has 69 heavy (non-hydrogen) atoms. The fourth-order valence-electron chi connectivity index (χ4n) is 9.66. The molecule has 322 valence electrons. The minimum Gasteiger partial charge on any atom is -0.456 e. The minimum absolute atomic E-state index is 0.542. The van der Waals surface area contributed by atoms with Crippen LogP contribution in [0.1, 0.15) is 0 Å². The molecule has 14 rings (SSSR count). The molecule has 0 radical (unpaired) electrons. The summed E-state index contributed by atoms with van der Waals surface area (Å²) in [6.45, 7) is 0. The van der Waals surface area contributed by atoms with Crippen molar-refractivity contribution in [2.45, 2.75) is 0 Å². The third-order valence-electron chi connectivity index (χ3n) is 12.9. The molecule has 0 spiro atoms. The van der Waals surface area contributed by atoms with Crippen LogP contribution >= 0.6 is 0 Å². The molecule has 0 aliphatic heterocycles. The van der Waals surface area contributed by atoms with E-state index in [1.54, 1.807) is 0 Å².